The molecule has 4 aromatic rings. The molecule has 0 amide bonds. The molecule has 0 spiro atoms. The molecule has 0 unspecified atom stereocenters. The predicted molar refractivity (Wildman–Crippen MR) is 94.6 cm³/mol. The van der Waals surface area contributed by atoms with Gasteiger partial charge in [0.25, 0.3) is 0 Å². The quantitative estimate of drug-likeness (QED) is 0.531. The number of benzene rings is 3. The van der Waals surface area contributed by atoms with E-state index in [-0.39, 0.29) is 0 Å². The summed E-state index contributed by atoms with van der Waals surface area (Å²) >= 11 is 0. The number of nitrogens with zero attached hydrogens (tertiary/aromatic N) is 2. The third kappa shape index (κ3) is 2.08. The van der Waals surface area contributed by atoms with Crippen molar-refractivity contribution in [2.75, 3.05) is 7.11 Å². The lowest BCUT2D eigenvalue weighted by Gasteiger charge is -2.14. The van der Waals surface area contributed by atoms with E-state index < -0.39 is 0 Å². The van der Waals surface area contributed by atoms with E-state index in [1.807, 2.05) is 12.4 Å². The molecule has 0 bridgehead atoms. The lowest BCUT2D eigenvalue weighted by Crippen LogP contribution is -1.98. The van der Waals surface area contributed by atoms with Gasteiger partial charge in [-0.2, -0.15) is 0 Å². The topological polar surface area (TPSA) is 27.1 Å². The second-order valence-electron chi connectivity index (χ2n) is 5.88. The van der Waals surface area contributed by atoms with E-state index in [1.54, 1.807) is 7.11 Å². The minimum absolute atomic E-state index is 0.848. The maximum absolute atomic E-state index is 5.63. The largest absolute Gasteiger partial charge is 0.495 e. The molecule has 3 aromatic carbocycles. The number of methoxy groups -OCH3 is 1. The fourth-order valence-electron chi connectivity index (χ4n) is 3.09. The smallest absolute Gasteiger partial charge is 0.143 e. The van der Waals surface area contributed by atoms with Gasteiger partial charge in [-0.05, 0) is 48.6 Å². The highest BCUT2D eigenvalue weighted by molar-refractivity contribution is 5.95. The highest BCUT2D eigenvalue weighted by Gasteiger charge is 2.14. The van der Waals surface area contributed by atoms with Gasteiger partial charge in [-0.3, -0.25) is 4.57 Å². The number of ether oxygens (including phenoxy) is 1. The predicted octanol–water partition coefficient (Wildman–Crippen LogP) is 4.80. The van der Waals surface area contributed by atoms with E-state index in [9.17, 15) is 0 Å². The van der Waals surface area contributed by atoms with E-state index >= 15 is 0 Å². The van der Waals surface area contributed by atoms with Crippen LogP contribution in [0.4, 0.5) is 0 Å². The summed E-state index contributed by atoms with van der Waals surface area (Å²) < 4.78 is 7.76. The lowest BCUT2D eigenvalue weighted by molar-refractivity contribution is 0.414. The van der Waals surface area contributed by atoms with Gasteiger partial charge in [-0.1, -0.05) is 30.3 Å². The highest BCUT2D eigenvalue weighted by atomic mass is 16.5. The van der Waals surface area contributed by atoms with Crippen molar-refractivity contribution >= 4 is 21.8 Å². The Balaban J connectivity index is 2.12. The second kappa shape index (κ2) is 5.13. The molecule has 3 heteroatoms. The first kappa shape index (κ1) is 13.8. The van der Waals surface area contributed by atoms with Crippen molar-refractivity contribution in [3.8, 4) is 11.4 Å². The zero-order valence-electron chi connectivity index (χ0n) is 13.5. The van der Waals surface area contributed by atoms with Crippen LogP contribution in [0.25, 0.3) is 27.5 Å². The summed E-state index contributed by atoms with van der Waals surface area (Å²) in [4.78, 5) is 4.59. The summed E-state index contributed by atoms with van der Waals surface area (Å²) in [6, 6.07) is 16.8. The number of hydrogen-bond acceptors (Lipinski definition) is 2. The van der Waals surface area contributed by atoms with Crippen molar-refractivity contribution in [1.29, 1.82) is 0 Å². The van der Waals surface area contributed by atoms with Gasteiger partial charge in [0.15, 0.2) is 0 Å². The SMILES string of the molecule is COc1ccc2ccccc2c1-n1cnc2cc(C)c(C)cc21. The molecule has 3 nitrogen and oxygen atoms in total. The molecular weight excluding hydrogens is 284 g/mol. The van der Waals surface area contributed by atoms with Crippen LogP contribution >= 0.6 is 0 Å². The van der Waals surface area contributed by atoms with Crippen LogP contribution in [0.1, 0.15) is 11.1 Å². The van der Waals surface area contributed by atoms with Gasteiger partial charge in [-0.25, -0.2) is 4.98 Å². The second-order valence-corrected chi connectivity index (χ2v) is 5.88. The summed E-state index contributed by atoms with van der Waals surface area (Å²) in [5.41, 5.74) is 5.66. The maximum atomic E-state index is 5.63. The first-order valence-electron chi connectivity index (χ1n) is 7.69. The first-order valence-corrected chi connectivity index (χ1v) is 7.69. The fraction of sp³-hybridized carbons (Fsp3) is 0.150. The normalized spacial score (nSPS) is 11.3. The lowest BCUT2D eigenvalue weighted by atomic mass is 10.1. The number of aromatic nitrogens is 2. The molecule has 0 saturated heterocycles. The van der Waals surface area contributed by atoms with Gasteiger partial charge in [-0.15, -0.1) is 0 Å². The monoisotopic (exact) mass is 302 g/mol. The minimum atomic E-state index is 0.848. The number of imidazole rings is 1. The van der Waals surface area contributed by atoms with Gasteiger partial charge in [0.05, 0.1) is 23.8 Å². The number of fused-ring (bicyclic) bond motifs is 2. The summed E-state index contributed by atoms with van der Waals surface area (Å²) in [6.07, 6.45) is 1.88. The molecular formula is C20H18N2O. The zero-order chi connectivity index (χ0) is 16.0. The molecule has 0 aliphatic rings. The van der Waals surface area contributed by atoms with Crippen LogP contribution < -0.4 is 4.74 Å². The van der Waals surface area contributed by atoms with Crippen molar-refractivity contribution < 1.29 is 4.74 Å². The minimum Gasteiger partial charge on any atom is -0.495 e. The van der Waals surface area contributed by atoms with Gasteiger partial charge >= 0.3 is 0 Å². The Labute approximate surface area is 135 Å². The molecule has 114 valence electrons. The average molecular weight is 302 g/mol. The first-order chi connectivity index (χ1) is 11.2. The summed E-state index contributed by atoms with van der Waals surface area (Å²) in [5, 5.41) is 2.35. The van der Waals surface area contributed by atoms with Crippen molar-refractivity contribution in [2.45, 2.75) is 13.8 Å². The molecule has 0 aliphatic carbocycles. The van der Waals surface area contributed by atoms with Crippen LogP contribution in [0.2, 0.25) is 0 Å². The molecule has 0 radical (unpaired) electrons. The Bertz CT molecular complexity index is 1030. The van der Waals surface area contributed by atoms with Gasteiger partial charge in [0.2, 0.25) is 0 Å². The van der Waals surface area contributed by atoms with Gasteiger partial charge in [0.1, 0.15) is 12.1 Å². The maximum Gasteiger partial charge on any atom is 0.143 e. The fourth-order valence-corrected chi connectivity index (χ4v) is 3.09. The van der Waals surface area contributed by atoms with Crippen molar-refractivity contribution in [2.24, 2.45) is 0 Å². The Morgan fingerprint density at radius 3 is 2.57 bits per heavy atom. The van der Waals surface area contributed by atoms with Gasteiger partial charge < -0.3 is 4.74 Å². The zero-order valence-corrected chi connectivity index (χ0v) is 13.5. The molecule has 23 heavy (non-hydrogen) atoms. The van der Waals surface area contributed by atoms with E-state index in [2.05, 4.69) is 65.9 Å². The van der Waals surface area contributed by atoms with Crippen molar-refractivity contribution in [3.05, 3.63) is 66.0 Å². The molecule has 0 saturated carbocycles. The van der Waals surface area contributed by atoms with Crippen molar-refractivity contribution in [3.63, 3.8) is 0 Å². The van der Waals surface area contributed by atoms with Crippen LogP contribution in [0.15, 0.2) is 54.9 Å². The third-order valence-electron chi connectivity index (χ3n) is 4.49. The Hall–Kier alpha value is -2.81. The van der Waals surface area contributed by atoms with E-state index in [4.69, 9.17) is 4.74 Å². The molecule has 0 fully saturated rings. The third-order valence-corrected chi connectivity index (χ3v) is 4.49. The van der Waals surface area contributed by atoms with Gasteiger partial charge in [0, 0.05) is 5.39 Å². The number of hydrogen-bond donors (Lipinski definition) is 0. The van der Waals surface area contributed by atoms with Crippen LogP contribution in [-0.2, 0) is 0 Å². The summed E-state index contributed by atoms with van der Waals surface area (Å²) in [5.74, 6) is 0.848. The highest BCUT2D eigenvalue weighted by Crippen LogP contribution is 2.34. The van der Waals surface area contributed by atoms with Crippen LogP contribution in [-0.4, -0.2) is 16.7 Å². The van der Waals surface area contributed by atoms with E-state index in [0.29, 0.717) is 0 Å². The molecule has 1 aromatic heterocycles. The number of aryl methyl sites for hydroxylation is 2. The molecule has 1 heterocycles. The van der Waals surface area contributed by atoms with E-state index in [1.165, 1.54) is 16.5 Å². The Kier molecular flexibility index (Phi) is 3.08. The van der Waals surface area contributed by atoms with Crippen LogP contribution in [0, 0.1) is 13.8 Å². The van der Waals surface area contributed by atoms with Crippen molar-refractivity contribution in [1.82, 2.24) is 9.55 Å². The average Bonchev–Trinajstić information content (AvgIpc) is 2.96. The van der Waals surface area contributed by atoms with Crippen LogP contribution in [0.3, 0.4) is 0 Å². The molecule has 4 rings (SSSR count). The summed E-state index contributed by atoms with van der Waals surface area (Å²) in [6.45, 7) is 4.25. The molecule has 0 atom stereocenters. The van der Waals surface area contributed by atoms with E-state index in [0.717, 1.165) is 27.9 Å². The summed E-state index contributed by atoms with van der Waals surface area (Å²) in [7, 11) is 1.71. The Morgan fingerprint density at radius 2 is 1.74 bits per heavy atom. The standard InChI is InChI=1S/C20H18N2O/c1-13-10-17-18(11-14(13)2)22(12-21-17)20-16-7-5-4-6-15(16)8-9-19(20)23-3/h4-12H,1-3H3. The molecule has 0 N–H and O–H groups in total. The number of rotatable bonds is 2. The van der Waals surface area contributed by atoms with Crippen LogP contribution in [0.5, 0.6) is 5.75 Å². The Morgan fingerprint density at radius 1 is 0.957 bits per heavy atom. The molecule has 0 aliphatic heterocycles.